The van der Waals surface area contributed by atoms with Crippen molar-refractivity contribution in [1.29, 1.82) is 0 Å². The normalized spacial score (nSPS) is 20.7. The van der Waals surface area contributed by atoms with Gasteiger partial charge in [0.1, 0.15) is 0 Å². The molecule has 0 spiro atoms. The van der Waals surface area contributed by atoms with E-state index in [-0.39, 0.29) is 47.6 Å². The number of fused-ring (bicyclic) bond motifs is 1. The summed E-state index contributed by atoms with van der Waals surface area (Å²) in [5.74, 6) is -2.87. The van der Waals surface area contributed by atoms with Gasteiger partial charge in [-0.3, -0.25) is 14.6 Å². The number of hydrogen-bond acceptors (Lipinski definition) is 6. The van der Waals surface area contributed by atoms with Crippen molar-refractivity contribution in [3.05, 3.63) is 65.6 Å². The Morgan fingerprint density at radius 3 is 2.60 bits per heavy atom. The standard InChI is InChI=1S/C21H19N3O5.Na/c1-11(25)17-16-10-15(18(21(28)29)24(16)20(17)27)12-3-2-4-13(9-12)19(26)23-14-5-7-22-8-6-14;/h2-9,11,16-17,25H,10H2,1H3,(H,28,29)(H,22,23,26);/q;+1/p-1/t11-,16-,17-;/m1./s1. The molecule has 0 unspecified atom stereocenters. The third-order valence-corrected chi connectivity index (χ3v) is 5.33. The molecular weight excluding hydrogens is 397 g/mol. The molecule has 1 fully saturated rings. The SMILES string of the molecule is C[C@@H](O)[C@H]1C(=O)N2C(C(=O)[O-])=C(c3cccc(C(=O)Nc4ccncc4)c3)C[C@H]12.[Na+]. The van der Waals surface area contributed by atoms with Crippen molar-refractivity contribution in [3.8, 4) is 0 Å². The van der Waals surface area contributed by atoms with Crippen LogP contribution in [0.2, 0.25) is 0 Å². The van der Waals surface area contributed by atoms with E-state index in [4.69, 9.17) is 0 Å². The number of anilines is 1. The number of carbonyl (C=O) groups is 3. The van der Waals surface area contributed by atoms with Gasteiger partial charge in [0.2, 0.25) is 5.91 Å². The number of nitrogens with one attached hydrogen (secondary N) is 1. The number of amides is 2. The second kappa shape index (κ2) is 8.69. The Kier molecular flexibility index (Phi) is 6.42. The fourth-order valence-electron chi connectivity index (χ4n) is 4.00. The summed E-state index contributed by atoms with van der Waals surface area (Å²) in [6.07, 6.45) is 2.52. The Labute approximate surface area is 194 Å². The van der Waals surface area contributed by atoms with Crippen LogP contribution in [0.25, 0.3) is 5.57 Å². The maximum Gasteiger partial charge on any atom is 1.00 e. The van der Waals surface area contributed by atoms with Crippen molar-refractivity contribution in [2.24, 2.45) is 5.92 Å². The summed E-state index contributed by atoms with van der Waals surface area (Å²) in [7, 11) is 0. The van der Waals surface area contributed by atoms with Gasteiger partial charge in [0.15, 0.2) is 0 Å². The van der Waals surface area contributed by atoms with E-state index in [2.05, 4.69) is 10.3 Å². The van der Waals surface area contributed by atoms with Crippen molar-refractivity contribution in [3.63, 3.8) is 0 Å². The molecule has 148 valence electrons. The van der Waals surface area contributed by atoms with Crippen molar-refractivity contribution < 1.29 is 54.2 Å². The predicted octanol–water partition coefficient (Wildman–Crippen LogP) is -2.59. The van der Waals surface area contributed by atoms with Crippen LogP contribution in [-0.2, 0) is 9.59 Å². The van der Waals surface area contributed by atoms with E-state index in [1.54, 1.807) is 48.8 Å². The second-order valence-electron chi connectivity index (χ2n) is 7.13. The van der Waals surface area contributed by atoms with Gasteiger partial charge < -0.3 is 25.2 Å². The molecule has 4 rings (SSSR count). The molecule has 0 aliphatic carbocycles. The topological polar surface area (TPSA) is 123 Å². The van der Waals surface area contributed by atoms with Crippen LogP contribution in [0.1, 0.15) is 29.3 Å². The zero-order valence-electron chi connectivity index (χ0n) is 16.5. The minimum Gasteiger partial charge on any atom is -0.543 e. The number of aliphatic hydroxyl groups excluding tert-OH is 1. The van der Waals surface area contributed by atoms with Crippen molar-refractivity contribution in [2.75, 3.05) is 5.32 Å². The van der Waals surface area contributed by atoms with E-state index in [1.165, 1.54) is 11.8 Å². The largest absolute Gasteiger partial charge is 1.00 e. The molecule has 0 bridgehead atoms. The number of benzene rings is 1. The number of aliphatic hydroxyl groups is 1. The van der Waals surface area contributed by atoms with Gasteiger partial charge in [0, 0.05) is 23.6 Å². The van der Waals surface area contributed by atoms with Gasteiger partial charge in [-0.05, 0) is 48.7 Å². The van der Waals surface area contributed by atoms with E-state index in [9.17, 15) is 24.6 Å². The molecule has 1 saturated heterocycles. The molecule has 2 aliphatic rings. The molecule has 30 heavy (non-hydrogen) atoms. The van der Waals surface area contributed by atoms with E-state index >= 15 is 0 Å². The fourth-order valence-corrected chi connectivity index (χ4v) is 4.00. The number of aromatic nitrogens is 1. The van der Waals surface area contributed by atoms with Gasteiger partial charge in [-0.15, -0.1) is 0 Å². The van der Waals surface area contributed by atoms with Crippen LogP contribution in [0.5, 0.6) is 0 Å². The van der Waals surface area contributed by atoms with Crippen LogP contribution in [-0.4, -0.2) is 44.9 Å². The Morgan fingerprint density at radius 1 is 1.27 bits per heavy atom. The third-order valence-electron chi connectivity index (χ3n) is 5.33. The minimum absolute atomic E-state index is 0. The average molecular weight is 415 g/mol. The molecule has 9 heteroatoms. The number of hydrogen-bond donors (Lipinski definition) is 2. The molecular formula is C21H18N3NaO5. The number of nitrogens with zero attached hydrogens (tertiary/aromatic N) is 2. The number of carbonyl (C=O) groups excluding carboxylic acids is 3. The zero-order chi connectivity index (χ0) is 20.7. The molecule has 3 atom stereocenters. The molecule has 2 aromatic rings. The van der Waals surface area contributed by atoms with E-state index < -0.39 is 29.9 Å². The summed E-state index contributed by atoms with van der Waals surface area (Å²) < 4.78 is 0. The number of aliphatic carboxylic acids is 1. The molecule has 2 amide bonds. The quantitative estimate of drug-likeness (QED) is 0.408. The van der Waals surface area contributed by atoms with Crippen LogP contribution in [0.15, 0.2) is 54.5 Å². The first-order valence-electron chi connectivity index (χ1n) is 9.16. The maximum absolute atomic E-state index is 12.6. The van der Waals surface area contributed by atoms with Gasteiger partial charge in [0.25, 0.3) is 5.91 Å². The number of rotatable bonds is 5. The summed E-state index contributed by atoms with van der Waals surface area (Å²) in [4.78, 5) is 41.7. The molecule has 3 heterocycles. The molecule has 0 radical (unpaired) electrons. The van der Waals surface area contributed by atoms with Gasteiger partial charge in [-0.1, -0.05) is 12.1 Å². The summed E-state index contributed by atoms with van der Waals surface area (Å²) in [5, 5.41) is 24.3. The van der Waals surface area contributed by atoms with Crippen LogP contribution in [0.3, 0.4) is 0 Å². The van der Waals surface area contributed by atoms with E-state index in [0.717, 1.165) is 0 Å². The summed E-state index contributed by atoms with van der Waals surface area (Å²) in [6, 6.07) is 9.44. The second-order valence-corrected chi connectivity index (χ2v) is 7.13. The fraction of sp³-hybridized carbons (Fsp3) is 0.238. The first-order chi connectivity index (χ1) is 13.9. The van der Waals surface area contributed by atoms with Crippen LogP contribution in [0.4, 0.5) is 5.69 Å². The molecule has 8 nitrogen and oxygen atoms in total. The Morgan fingerprint density at radius 2 is 1.97 bits per heavy atom. The summed E-state index contributed by atoms with van der Waals surface area (Å²) >= 11 is 0. The van der Waals surface area contributed by atoms with Crippen molar-refractivity contribution >= 4 is 29.0 Å². The number of pyridine rings is 1. The van der Waals surface area contributed by atoms with Crippen LogP contribution in [0, 0.1) is 5.92 Å². The summed E-state index contributed by atoms with van der Waals surface area (Å²) in [5.41, 5.74) is 1.68. The first kappa shape index (κ1) is 22.2. The molecule has 2 aliphatic heterocycles. The van der Waals surface area contributed by atoms with E-state index in [0.29, 0.717) is 22.4 Å². The minimum atomic E-state index is -1.45. The van der Waals surface area contributed by atoms with Gasteiger partial charge in [0.05, 0.1) is 29.7 Å². The molecule has 0 saturated carbocycles. The smallest absolute Gasteiger partial charge is 0.543 e. The van der Waals surface area contributed by atoms with Gasteiger partial charge in [-0.25, -0.2) is 0 Å². The number of carboxylic acids is 1. The van der Waals surface area contributed by atoms with Crippen molar-refractivity contribution in [1.82, 2.24) is 9.88 Å². The molecule has 1 aromatic heterocycles. The van der Waals surface area contributed by atoms with Gasteiger partial charge in [-0.2, -0.15) is 0 Å². The van der Waals surface area contributed by atoms with Crippen LogP contribution < -0.4 is 40.0 Å². The predicted molar refractivity (Wildman–Crippen MR) is 101 cm³/mol. The van der Waals surface area contributed by atoms with E-state index in [1.807, 2.05) is 0 Å². The third kappa shape index (κ3) is 3.79. The van der Waals surface area contributed by atoms with Crippen LogP contribution >= 0.6 is 0 Å². The maximum atomic E-state index is 12.6. The summed E-state index contributed by atoms with van der Waals surface area (Å²) in [6.45, 7) is 1.51. The first-order valence-corrected chi connectivity index (χ1v) is 9.16. The monoisotopic (exact) mass is 415 g/mol. The number of carboxylic acid groups (broad SMARTS) is 1. The number of β-lactam (4-membered cyclic amide) rings is 1. The Bertz CT molecular complexity index is 1040. The van der Waals surface area contributed by atoms with Gasteiger partial charge >= 0.3 is 29.6 Å². The Hall–Kier alpha value is -2.52. The molecule has 2 N–H and O–H groups in total. The Balaban J connectivity index is 0.00000256. The molecule has 1 aromatic carbocycles. The zero-order valence-corrected chi connectivity index (χ0v) is 18.5. The van der Waals surface area contributed by atoms with Crippen molar-refractivity contribution in [2.45, 2.75) is 25.5 Å². The average Bonchev–Trinajstić information content (AvgIpc) is 3.04.